The van der Waals surface area contributed by atoms with Gasteiger partial charge in [0, 0.05) is 5.02 Å². The molecule has 0 bridgehead atoms. The zero-order valence-electron chi connectivity index (χ0n) is 9.25. The molecule has 1 heterocycles. The van der Waals surface area contributed by atoms with Gasteiger partial charge in [-0.3, -0.25) is 4.79 Å². The van der Waals surface area contributed by atoms with Gasteiger partial charge in [0.05, 0.1) is 12.1 Å². The van der Waals surface area contributed by atoms with Crippen LogP contribution in [0.15, 0.2) is 23.3 Å². The molecule has 3 nitrogen and oxygen atoms in total. The first-order valence-corrected chi connectivity index (χ1v) is 5.40. The van der Waals surface area contributed by atoms with Crippen LogP contribution in [-0.2, 0) is 4.79 Å². The zero-order valence-corrected chi connectivity index (χ0v) is 10.0. The molecule has 96 valence electrons. The molecule has 0 saturated heterocycles. The molecule has 0 spiro atoms. The number of nitrogens with zero attached hydrogens (tertiary/aromatic N) is 2. The van der Waals surface area contributed by atoms with E-state index in [0.29, 0.717) is 5.02 Å². The molecule has 7 heteroatoms. The Labute approximate surface area is 106 Å². The Kier molecular flexibility index (Phi) is 3.06. The largest absolute Gasteiger partial charge is 0.431 e. The second-order valence-electron chi connectivity index (χ2n) is 3.86. The fraction of sp³-hybridized carbons (Fsp3) is 0.273. The second-order valence-corrected chi connectivity index (χ2v) is 4.27. The molecule has 1 aliphatic heterocycles. The Morgan fingerprint density at radius 1 is 1.39 bits per heavy atom. The molecule has 1 aliphatic rings. The third-order valence-corrected chi connectivity index (χ3v) is 2.91. The molecule has 0 fully saturated rings. The summed E-state index contributed by atoms with van der Waals surface area (Å²) < 4.78 is 37.3. The van der Waals surface area contributed by atoms with E-state index in [1.165, 1.54) is 12.1 Å². The predicted molar refractivity (Wildman–Crippen MR) is 61.8 cm³/mol. The van der Waals surface area contributed by atoms with E-state index >= 15 is 0 Å². The molecule has 0 aromatic heterocycles. The van der Waals surface area contributed by atoms with E-state index in [1.807, 2.05) is 0 Å². The van der Waals surface area contributed by atoms with Gasteiger partial charge in [-0.15, -0.1) is 0 Å². The number of amides is 1. The van der Waals surface area contributed by atoms with Crippen molar-refractivity contribution in [3.63, 3.8) is 0 Å². The van der Waals surface area contributed by atoms with Gasteiger partial charge in [0.15, 0.2) is 5.71 Å². The van der Waals surface area contributed by atoms with E-state index in [4.69, 9.17) is 11.6 Å². The van der Waals surface area contributed by atoms with Crippen molar-refractivity contribution in [2.45, 2.75) is 19.5 Å². The van der Waals surface area contributed by atoms with Crippen molar-refractivity contribution < 1.29 is 18.0 Å². The van der Waals surface area contributed by atoms with Crippen LogP contribution in [0.2, 0.25) is 5.02 Å². The van der Waals surface area contributed by atoms with E-state index < -0.39 is 24.2 Å². The molecule has 0 N–H and O–H groups in total. The summed E-state index contributed by atoms with van der Waals surface area (Å²) in [6.07, 6.45) is -5.33. The summed E-state index contributed by atoms with van der Waals surface area (Å²) in [5, 5.41) is 4.40. The lowest BCUT2D eigenvalue weighted by molar-refractivity contribution is -0.117. The minimum absolute atomic E-state index is 0.231. The zero-order chi connectivity index (χ0) is 13.5. The molecular weight excluding hydrogens is 269 g/mol. The number of alkyl halides is 3. The minimum Gasteiger partial charge on any atom is -0.272 e. The first-order valence-electron chi connectivity index (χ1n) is 5.03. The van der Waals surface area contributed by atoms with Crippen LogP contribution in [0.3, 0.4) is 0 Å². The Bertz CT molecular complexity index is 540. The fourth-order valence-electron chi connectivity index (χ4n) is 1.50. The summed E-state index contributed by atoms with van der Waals surface area (Å²) in [4.78, 5) is 11.5. The topological polar surface area (TPSA) is 32.7 Å². The summed E-state index contributed by atoms with van der Waals surface area (Å²) in [6.45, 7) is 1.75. The molecule has 0 atom stereocenters. The maximum atomic E-state index is 12.4. The molecule has 0 aliphatic carbocycles. The molecular formula is C11H8ClF3N2O. The average Bonchev–Trinajstić information content (AvgIpc) is 2.64. The number of carbonyl (C=O) groups excluding carboxylic acids is 1. The van der Waals surface area contributed by atoms with Crippen LogP contribution < -0.4 is 5.01 Å². The Balaban J connectivity index is 2.36. The van der Waals surface area contributed by atoms with Gasteiger partial charge in [0.25, 0.3) is 5.91 Å². The predicted octanol–water partition coefficient (Wildman–Crippen LogP) is 3.30. The van der Waals surface area contributed by atoms with Gasteiger partial charge in [-0.25, -0.2) is 5.01 Å². The Morgan fingerprint density at radius 2 is 2.06 bits per heavy atom. The van der Waals surface area contributed by atoms with Gasteiger partial charge < -0.3 is 0 Å². The summed E-state index contributed by atoms with van der Waals surface area (Å²) in [6, 6.07) is 4.53. The van der Waals surface area contributed by atoms with Crippen LogP contribution in [0.5, 0.6) is 0 Å². The smallest absolute Gasteiger partial charge is 0.272 e. The molecule has 1 amide bonds. The van der Waals surface area contributed by atoms with Crippen molar-refractivity contribution in [1.29, 1.82) is 0 Å². The Morgan fingerprint density at radius 3 is 2.56 bits per heavy atom. The van der Waals surface area contributed by atoms with Gasteiger partial charge in [-0.05, 0) is 24.6 Å². The summed E-state index contributed by atoms with van der Waals surface area (Å²) in [5.41, 5.74) is -0.0915. The number of carbonyl (C=O) groups is 1. The van der Waals surface area contributed by atoms with Crippen molar-refractivity contribution in [1.82, 2.24) is 0 Å². The number of aryl methyl sites for hydroxylation is 1. The molecule has 1 aromatic rings. The van der Waals surface area contributed by atoms with Crippen LogP contribution in [0, 0.1) is 6.92 Å². The SMILES string of the molecule is Cc1ccc(N2N=C(C(F)(F)F)CC2=O)cc1Cl. The highest BCUT2D eigenvalue weighted by Gasteiger charge is 2.42. The van der Waals surface area contributed by atoms with Crippen molar-refractivity contribution in [3.05, 3.63) is 28.8 Å². The molecule has 1 aromatic carbocycles. The van der Waals surface area contributed by atoms with E-state index in [9.17, 15) is 18.0 Å². The average molecular weight is 277 g/mol. The van der Waals surface area contributed by atoms with E-state index in [0.717, 1.165) is 10.6 Å². The van der Waals surface area contributed by atoms with Crippen molar-refractivity contribution in [3.8, 4) is 0 Å². The first kappa shape index (κ1) is 12.9. The van der Waals surface area contributed by atoms with Gasteiger partial charge in [-0.2, -0.15) is 18.3 Å². The van der Waals surface area contributed by atoms with Crippen LogP contribution in [0.4, 0.5) is 18.9 Å². The highest BCUT2D eigenvalue weighted by atomic mass is 35.5. The second kappa shape index (κ2) is 4.28. The Hall–Kier alpha value is -1.56. The maximum Gasteiger partial charge on any atom is 0.431 e. The van der Waals surface area contributed by atoms with Crippen LogP contribution >= 0.6 is 11.6 Å². The van der Waals surface area contributed by atoms with Crippen LogP contribution in [0.1, 0.15) is 12.0 Å². The highest BCUT2D eigenvalue weighted by molar-refractivity contribution is 6.31. The minimum atomic E-state index is -4.58. The number of rotatable bonds is 1. The fourth-order valence-corrected chi connectivity index (χ4v) is 1.68. The van der Waals surface area contributed by atoms with Gasteiger partial charge in [0.1, 0.15) is 0 Å². The van der Waals surface area contributed by atoms with E-state index in [2.05, 4.69) is 5.10 Å². The number of hydrogen-bond donors (Lipinski definition) is 0. The third kappa shape index (κ3) is 2.33. The number of benzene rings is 1. The standard InChI is InChI=1S/C11H8ClF3N2O/c1-6-2-3-7(4-8(6)12)17-10(18)5-9(16-17)11(13,14)15/h2-4H,5H2,1H3. The molecule has 0 saturated carbocycles. The summed E-state index contributed by atoms with van der Waals surface area (Å²) in [5.74, 6) is -0.720. The highest BCUT2D eigenvalue weighted by Crippen LogP contribution is 2.30. The van der Waals surface area contributed by atoms with E-state index in [1.54, 1.807) is 13.0 Å². The number of anilines is 1. The monoisotopic (exact) mass is 276 g/mol. The lowest BCUT2D eigenvalue weighted by atomic mass is 10.2. The van der Waals surface area contributed by atoms with Crippen molar-refractivity contribution in [2.75, 3.05) is 5.01 Å². The number of hydrazone groups is 1. The van der Waals surface area contributed by atoms with Crippen molar-refractivity contribution >= 4 is 28.9 Å². The molecule has 2 rings (SSSR count). The molecule has 0 radical (unpaired) electrons. The third-order valence-electron chi connectivity index (χ3n) is 2.50. The van der Waals surface area contributed by atoms with Gasteiger partial charge in [-0.1, -0.05) is 17.7 Å². The van der Waals surface area contributed by atoms with Gasteiger partial charge >= 0.3 is 6.18 Å². The van der Waals surface area contributed by atoms with Crippen LogP contribution in [0.25, 0.3) is 0 Å². The lowest BCUT2D eigenvalue weighted by Gasteiger charge is -2.12. The maximum absolute atomic E-state index is 12.4. The molecule has 0 unspecified atom stereocenters. The lowest BCUT2D eigenvalue weighted by Crippen LogP contribution is -2.22. The van der Waals surface area contributed by atoms with Gasteiger partial charge in [0.2, 0.25) is 0 Å². The van der Waals surface area contributed by atoms with Crippen LogP contribution in [-0.4, -0.2) is 17.8 Å². The number of hydrogen-bond acceptors (Lipinski definition) is 2. The van der Waals surface area contributed by atoms with E-state index in [-0.39, 0.29) is 5.69 Å². The van der Waals surface area contributed by atoms with Crippen molar-refractivity contribution in [2.24, 2.45) is 5.10 Å². The summed E-state index contributed by atoms with van der Waals surface area (Å²) in [7, 11) is 0. The molecule has 18 heavy (non-hydrogen) atoms. The quantitative estimate of drug-likeness (QED) is 0.774. The number of halogens is 4. The summed E-state index contributed by atoms with van der Waals surface area (Å²) >= 11 is 5.86. The normalized spacial score (nSPS) is 16.2. The first-order chi connectivity index (χ1) is 8.29.